The molecule has 640 valence electrons. The number of benzene rings is 5. The van der Waals surface area contributed by atoms with Gasteiger partial charge in [-0.2, -0.15) is 29.9 Å². The first-order valence-corrected chi connectivity index (χ1v) is 43.8. The summed E-state index contributed by atoms with van der Waals surface area (Å²) in [5, 5.41) is 14.8. The number of phenols is 1. The first-order chi connectivity index (χ1) is 59.6. The summed E-state index contributed by atoms with van der Waals surface area (Å²) in [4.78, 5) is 99.8. The van der Waals surface area contributed by atoms with Gasteiger partial charge in [-0.3, -0.25) is 19.3 Å². The van der Waals surface area contributed by atoms with Crippen LogP contribution in [0, 0.1) is 19.0 Å². The molecule has 29 heteroatoms. The van der Waals surface area contributed by atoms with Gasteiger partial charge in [0.05, 0.1) is 54.0 Å². The number of nitrogens with zero attached hydrogens (tertiary/aromatic N) is 20. The van der Waals surface area contributed by atoms with Crippen molar-refractivity contribution in [3.8, 4) is 23.8 Å². The van der Waals surface area contributed by atoms with Crippen LogP contribution in [0.25, 0.3) is 31.2 Å². The lowest BCUT2D eigenvalue weighted by Crippen LogP contribution is -2.56. The number of rotatable bonds is 23. The van der Waals surface area contributed by atoms with Crippen molar-refractivity contribution < 1.29 is 38.1 Å². The fourth-order valence-corrected chi connectivity index (χ4v) is 19.1. The highest BCUT2D eigenvalue weighted by Crippen LogP contribution is 2.41. The normalized spacial score (nSPS) is 20.0. The predicted octanol–water partition coefficient (Wildman–Crippen LogP) is 11.6. The number of ether oxygens (including phenoxy) is 3. The minimum atomic E-state index is -0.565. The van der Waals surface area contributed by atoms with E-state index in [-0.39, 0.29) is 59.4 Å². The molecule has 3 amide bonds. The van der Waals surface area contributed by atoms with Crippen LogP contribution < -0.4 is 43.6 Å². The largest absolute Gasteiger partial charge is 0.508 e. The van der Waals surface area contributed by atoms with Gasteiger partial charge in [0, 0.05) is 155 Å². The van der Waals surface area contributed by atoms with E-state index in [4.69, 9.17) is 68.9 Å². The minimum Gasteiger partial charge on any atom is -0.508 e. The molecule has 6 saturated heterocycles. The Balaban J connectivity index is 0.000000142. The van der Waals surface area contributed by atoms with Crippen LogP contribution in [0.15, 0.2) is 135 Å². The number of fused-ring (bicyclic) bond motifs is 5. The third-order valence-corrected chi connectivity index (χ3v) is 25.7. The Labute approximate surface area is 720 Å². The topological polar surface area (TPSA) is 224 Å². The van der Waals surface area contributed by atoms with E-state index in [2.05, 4.69) is 168 Å². The van der Waals surface area contributed by atoms with Crippen LogP contribution >= 0.6 is 11.6 Å². The Morgan fingerprint density at radius 2 is 0.984 bits per heavy atom. The number of amides is 3. The summed E-state index contributed by atoms with van der Waals surface area (Å²) in [7, 11) is 2.14. The zero-order valence-electron chi connectivity index (χ0n) is 70.4. The van der Waals surface area contributed by atoms with E-state index in [0.717, 1.165) is 136 Å². The maximum Gasteiger partial charge on any atom is 0.318 e. The molecule has 12 heterocycles. The number of aromatic hydroxyl groups is 1. The monoisotopic (exact) mass is 1670 g/mol. The maximum absolute atomic E-state index is 14.9. The van der Waals surface area contributed by atoms with Crippen LogP contribution in [-0.4, -0.2) is 271 Å². The smallest absolute Gasteiger partial charge is 0.318 e. The zero-order chi connectivity index (χ0) is 84.8. The van der Waals surface area contributed by atoms with Gasteiger partial charge in [-0.1, -0.05) is 117 Å². The lowest BCUT2D eigenvalue weighted by molar-refractivity contribution is -0.129. The number of hydrogen-bond acceptors (Lipinski definition) is 22. The highest BCUT2D eigenvalue weighted by molar-refractivity contribution is 6.31. The van der Waals surface area contributed by atoms with Crippen LogP contribution in [0.5, 0.6) is 23.8 Å². The molecular weight excluding hydrogens is 1560 g/mol. The van der Waals surface area contributed by atoms with Crippen molar-refractivity contribution in [3.05, 3.63) is 202 Å². The van der Waals surface area contributed by atoms with E-state index >= 15 is 0 Å². The Bertz CT molecular complexity index is 5180. The second-order valence-corrected chi connectivity index (χ2v) is 33.2. The summed E-state index contributed by atoms with van der Waals surface area (Å²) in [5.74, 6) is 1.60. The molecule has 0 bridgehead atoms. The summed E-state index contributed by atoms with van der Waals surface area (Å²) < 4.78 is 33.6. The quantitative estimate of drug-likeness (QED) is 0.0357. The standard InChI is InChI=1S/C33H39N7O2.C32H37N7O2.C28H36ClFN6O3/c1-4-31(41)40-19-18-39(21-26(40)20-34-3)32-28-15-17-38(30-14-8-11-24-10-6-7-13-27(24)30)22-29(28)35-33(36-32)42-23-25-12-9-16-37(25)5-2;1-4-30(40)39-18-17-38(20-25(39)19-33-2)31-27-14-16-37(29-13-7-10-23-9-5-6-12-26(23)29)21-28(27)34-32(35-31)41-22-24-11-8-15-36(24)3;1-2-25(38)34-12-14-35(15-13-34)27-21-7-11-36(24-18-20(37)17-22(29)26(24)30)19-23(21)31-28(32-27)39-16-6-10-33-8-4-3-5-9-33/h4,6-8,10-11,13-14,25-26H,1,5,9,12,15-23H2,2H3;4-7,9-10,12-13,24-25H,1,8,11,14-22H2,3H3;2,17-18,37H,1,3-16,19H2/t25-,26?;24-,25-;/m00./s1. The third kappa shape index (κ3) is 19.7. The van der Waals surface area contributed by atoms with Gasteiger partial charge in [0.25, 0.3) is 0 Å². The van der Waals surface area contributed by atoms with E-state index in [1.165, 1.54) is 95.4 Å². The van der Waals surface area contributed by atoms with Gasteiger partial charge in [0.2, 0.25) is 30.8 Å². The molecule has 1 unspecified atom stereocenters. The molecule has 9 aliphatic heterocycles. The Morgan fingerprint density at radius 3 is 1.48 bits per heavy atom. The fraction of sp³-hybridized carbons (Fsp3) is 0.473. The Hall–Kier alpha value is -11.4. The molecular formula is C93H112ClFN20O7. The first kappa shape index (κ1) is 85.5. The van der Waals surface area contributed by atoms with E-state index < -0.39 is 5.82 Å². The number of phenolic OH excluding ortho intramolecular Hbond substituents is 1. The summed E-state index contributed by atoms with van der Waals surface area (Å²) in [5.41, 5.74) is 8.66. The molecule has 9 aliphatic rings. The number of piperidine rings is 1. The highest BCUT2D eigenvalue weighted by Gasteiger charge is 2.39. The molecule has 27 nitrogen and oxygen atoms in total. The number of aromatic nitrogens is 6. The Kier molecular flexibility index (Phi) is 28.1. The number of anilines is 6. The van der Waals surface area contributed by atoms with Crippen molar-refractivity contribution in [2.75, 3.05) is 194 Å². The predicted molar refractivity (Wildman–Crippen MR) is 476 cm³/mol. The van der Waals surface area contributed by atoms with E-state index in [1.807, 2.05) is 4.90 Å². The van der Waals surface area contributed by atoms with Crippen molar-refractivity contribution in [1.29, 1.82) is 0 Å². The highest BCUT2D eigenvalue weighted by atomic mass is 35.5. The van der Waals surface area contributed by atoms with Crippen LogP contribution in [0.2, 0.25) is 5.02 Å². The van der Waals surface area contributed by atoms with Gasteiger partial charge in [-0.05, 0) is 145 Å². The number of likely N-dealkylation sites (tertiary alicyclic amines) is 3. The molecule has 8 aromatic rings. The molecule has 0 spiro atoms. The number of likely N-dealkylation sites (N-methyl/N-ethyl adjacent to an activating group) is 2. The summed E-state index contributed by atoms with van der Waals surface area (Å²) in [6, 6.07) is 34.0. The van der Waals surface area contributed by atoms with Crippen LogP contribution in [0.3, 0.4) is 0 Å². The zero-order valence-corrected chi connectivity index (χ0v) is 71.1. The third-order valence-electron chi connectivity index (χ3n) is 25.5. The van der Waals surface area contributed by atoms with Crippen molar-refractivity contribution >= 4 is 85.4 Å². The lowest BCUT2D eigenvalue weighted by Gasteiger charge is -2.41. The van der Waals surface area contributed by atoms with Crippen LogP contribution in [0.4, 0.5) is 38.9 Å². The average molecular weight is 1680 g/mol. The molecule has 6 fully saturated rings. The second-order valence-electron chi connectivity index (χ2n) is 32.8. The molecule has 4 atom stereocenters. The lowest BCUT2D eigenvalue weighted by atomic mass is 10.0. The van der Waals surface area contributed by atoms with Gasteiger partial charge >= 0.3 is 18.0 Å². The average Bonchev–Trinajstić information content (AvgIpc) is 1.51. The molecule has 1 N–H and O–H groups in total. The molecule has 122 heavy (non-hydrogen) atoms. The van der Waals surface area contributed by atoms with Gasteiger partial charge in [-0.15, -0.1) is 0 Å². The summed E-state index contributed by atoms with van der Waals surface area (Å²) in [6.45, 7) is 46.4. The molecule has 0 saturated carbocycles. The second kappa shape index (κ2) is 40.1. The first-order valence-electron chi connectivity index (χ1n) is 43.4. The van der Waals surface area contributed by atoms with Gasteiger partial charge in [0.15, 0.2) is 5.82 Å². The van der Waals surface area contributed by atoms with Gasteiger partial charge in [0.1, 0.15) is 48.5 Å². The van der Waals surface area contributed by atoms with E-state index in [0.29, 0.717) is 148 Å². The molecule has 17 rings (SSSR count). The number of carbonyl (C=O) groups excluding carboxylic acids is 3. The summed E-state index contributed by atoms with van der Waals surface area (Å²) >= 11 is 6.01. The van der Waals surface area contributed by atoms with Crippen molar-refractivity contribution in [2.24, 2.45) is 0 Å². The maximum atomic E-state index is 14.9. The van der Waals surface area contributed by atoms with E-state index in [1.54, 1.807) is 14.7 Å². The van der Waals surface area contributed by atoms with E-state index in [9.17, 15) is 23.9 Å². The molecule has 5 aromatic carbocycles. The van der Waals surface area contributed by atoms with Gasteiger partial charge in [-0.25, -0.2) is 17.5 Å². The minimum absolute atomic E-state index is 0.0699. The number of carbonyl (C=O) groups is 3. The van der Waals surface area contributed by atoms with Crippen molar-refractivity contribution in [3.63, 3.8) is 0 Å². The van der Waals surface area contributed by atoms with Crippen LogP contribution in [0.1, 0.15) is 92.1 Å². The molecule has 0 radical (unpaired) electrons. The summed E-state index contributed by atoms with van der Waals surface area (Å²) in [6.07, 6.45) is 15.5. The Morgan fingerprint density at radius 1 is 0.516 bits per heavy atom. The number of halogens is 2. The fourth-order valence-electron chi connectivity index (χ4n) is 18.9. The molecule has 0 aliphatic carbocycles. The number of piperazine rings is 3. The van der Waals surface area contributed by atoms with Crippen molar-refractivity contribution in [2.45, 2.75) is 121 Å². The number of hydrogen-bond donors (Lipinski definition) is 1. The van der Waals surface area contributed by atoms with Crippen LogP contribution in [-0.2, 0) is 53.3 Å². The van der Waals surface area contributed by atoms with Gasteiger partial charge < -0.3 is 82.9 Å². The van der Waals surface area contributed by atoms with Crippen molar-refractivity contribution in [1.82, 2.24) is 59.3 Å². The SMILES string of the molecule is C=CC(=O)N1CCN(c2nc(OCCCN3CCCCC3)nc3c2CCN(c2cc(O)cc(Cl)c2F)C3)CC1.[C-]#[N+]CC1CN(c2nc(OC[C@@H]3CCCN3CC)nc3c2CCN(c2cccc4ccccc24)C3)CCN1C(=O)C=C.[C-]#[N+]C[C@H]1CN(c2nc(OC[C@@H]3CCCN3C)nc3c2CCN(c2cccc4ccccc24)C3)CCN1C(=O)C=C. The molecule has 3 aromatic heterocycles.